The molecule has 0 atom stereocenters. The lowest BCUT2D eigenvalue weighted by molar-refractivity contribution is -0.444. The summed E-state index contributed by atoms with van der Waals surface area (Å²) in [6, 6.07) is 1.42. The smallest absolute Gasteiger partial charge is 0.378 e. The first-order valence-electron chi connectivity index (χ1n) is 4.66. The summed E-state index contributed by atoms with van der Waals surface area (Å²) >= 11 is 0. The molecule has 2 N–H and O–H groups in total. The van der Waals surface area contributed by atoms with Crippen LogP contribution < -0.4 is 0 Å². The predicted molar refractivity (Wildman–Crippen MR) is 52.3 cm³/mol. The molecular weight excluding hydrogens is 264 g/mol. The molecule has 0 saturated heterocycles. The number of hydrogen-bond acceptors (Lipinski definition) is 7. The monoisotopic (exact) mass is 268 g/mol. The van der Waals surface area contributed by atoms with E-state index in [4.69, 9.17) is 10.2 Å². The Morgan fingerprint density at radius 2 is 1.21 bits per heavy atom. The molecule has 2 rings (SSSR count). The van der Waals surface area contributed by atoms with Crippen LogP contribution in [0, 0.1) is 0 Å². The summed E-state index contributed by atoms with van der Waals surface area (Å²) in [5, 5.41) is 21.6. The molecule has 1 aliphatic heterocycles. The van der Waals surface area contributed by atoms with Gasteiger partial charge in [-0.15, -0.1) is 0 Å². The fraction of sp³-hybridized carbons (Fsp3) is 0. The molecule has 9 nitrogen and oxygen atoms in total. The number of carboxylic acid groups (broad SMARTS) is 2. The Hall–Kier alpha value is -2.94. The Balaban J connectivity index is 2.75. The van der Waals surface area contributed by atoms with E-state index in [0.29, 0.717) is 12.1 Å². The number of carboxylic acids is 2. The molecule has 98 valence electrons. The standard InChI is InChI=1S/C10H4O9/c11-7(12)3-1-5-6(2-4(3)8(13)14)10(16)18-19-17-9(5)15/h1-2H,(H,11,12)(H,13,14). The van der Waals surface area contributed by atoms with E-state index in [1.807, 2.05) is 0 Å². The van der Waals surface area contributed by atoms with Crippen LogP contribution in [0.25, 0.3) is 0 Å². The number of aromatic carboxylic acids is 2. The molecule has 1 heterocycles. The minimum absolute atomic E-state index is 0.468. The van der Waals surface area contributed by atoms with E-state index in [1.54, 1.807) is 0 Å². The highest BCUT2D eigenvalue weighted by molar-refractivity contribution is 6.09. The molecule has 0 saturated carbocycles. The van der Waals surface area contributed by atoms with E-state index in [1.165, 1.54) is 0 Å². The molecule has 1 aromatic carbocycles. The van der Waals surface area contributed by atoms with Gasteiger partial charge in [0.05, 0.1) is 22.3 Å². The summed E-state index contributed by atoms with van der Waals surface area (Å²) in [6.45, 7) is 0. The van der Waals surface area contributed by atoms with Gasteiger partial charge in [-0.05, 0) is 12.1 Å². The van der Waals surface area contributed by atoms with Crippen molar-refractivity contribution in [2.24, 2.45) is 0 Å². The first-order valence-corrected chi connectivity index (χ1v) is 4.66. The summed E-state index contributed by atoms with van der Waals surface area (Å²) < 4.78 is 0. The van der Waals surface area contributed by atoms with Gasteiger partial charge >= 0.3 is 23.9 Å². The van der Waals surface area contributed by atoms with Gasteiger partial charge in [-0.2, -0.15) is 0 Å². The maximum Gasteiger partial charge on any atom is 0.378 e. The van der Waals surface area contributed by atoms with Crippen LogP contribution in [-0.4, -0.2) is 34.1 Å². The highest BCUT2D eigenvalue weighted by Gasteiger charge is 2.30. The van der Waals surface area contributed by atoms with Crippen LogP contribution in [0.1, 0.15) is 41.4 Å². The normalized spacial score (nSPS) is 13.9. The molecule has 19 heavy (non-hydrogen) atoms. The highest BCUT2D eigenvalue weighted by atomic mass is 17.5. The van der Waals surface area contributed by atoms with Crippen molar-refractivity contribution in [2.75, 3.05) is 0 Å². The maximum atomic E-state index is 11.4. The number of carbonyl (C=O) groups excluding carboxylic acids is 2. The second kappa shape index (κ2) is 4.38. The number of hydrogen-bond donors (Lipinski definition) is 2. The third kappa shape index (κ3) is 2.09. The van der Waals surface area contributed by atoms with Crippen molar-refractivity contribution in [2.45, 2.75) is 0 Å². The van der Waals surface area contributed by atoms with Crippen LogP contribution >= 0.6 is 0 Å². The van der Waals surface area contributed by atoms with Crippen molar-refractivity contribution in [3.8, 4) is 0 Å². The molecule has 1 aromatic rings. The topological polar surface area (TPSA) is 136 Å². The SMILES string of the molecule is O=C(O)c1cc2c(cc1C(=O)O)C(=O)OOOC2=O. The lowest BCUT2D eigenvalue weighted by Crippen LogP contribution is -2.14. The molecule has 0 bridgehead atoms. The van der Waals surface area contributed by atoms with Crippen LogP contribution in [0.5, 0.6) is 0 Å². The molecule has 0 aromatic heterocycles. The quantitative estimate of drug-likeness (QED) is 0.723. The molecular formula is C10H4O9. The van der Waals surface area contributed by atoms with E-state index < -0.39 is 46.1 Å². The number of fused-ring (bicyclic) bond motifs is 1. The Bertz CT molecular complexity index is 563. The predicted octanol–water partition coefficient (Wildman–Crippen LogP) is 0.257. The van der Waals surface area contributed by atoms with Crippen LogP contribution in [0.15, 0.2) is 12.1 Å². The van der Waals surface area contributed by atoms with Crippen molar-refractivity contribution in [3.63, 3.8) is 0 Å². The van der Waals surface area contributed by atoms with E-state index in [0.717, 1.165) is 0 Å². The fourth-order valence-electron chi connectivity index (χ4n) is 1.46. The third-order valence-corrected chi connectivity index (χ3v) is 2.28. The largest absolute Gasteiger partial charge is 0.478 e. The number of carbonyl (C=O) groups is 4. The van der Waals surface area contributed by atoms with E-state index >= 15 is 0 Å². The first kappa shape index (κ1) is 12.5. The van der Waals surface area contributed by atoms with Crippen molar-refractivity contribution in [1.82, 2.24) is 0 Å². The minimum atomic E-state index is -1.58. The van der Waals surface area contributed by atoms with Gasteiger partial charge in [0.25, 0.3) is 0 Å². The van der Waals surface area contributed by atoms with Gasteiger partial charge in [-0.3, -0.25) is 9.78 Å². The molecule has 0 aliphatic carbocycles. The van der Waals surface area contributed by atoms with Gasteiger partial charge in [0.1, 0.15) is 0 Å². The lowest BCUT2D eigenvalue weighted by Gasteiger charge is -2.05. The van der Waals surface area contributed by atoms with Gasteiger partial charge in [-0.1, -0.05) is 0 Å². The van der Waals surface area contributed by atoms with Gasteiger partial charge in [0.2, 0.25) is 0 Å². The summed E-state index contributed by atoms with van der Waals surface area (Å²) in [4.78, 5) is 52.6. The maximum absolute atomic E-state index is 11.4. The summed E-state index contributed by atoms with van der Waals surface area (Å²) in [5.41, 5.74) is -2.27. The lowest BCUT2D eigenvalue weighted by atomic mass is 9.98. The zero-order chi connectivity index (χ0) is 14.2. The molecule has 0 fully saturated rings. The molecule has 1 aliphatic rings. The zero-order valence-electron chi connectivity index (χ0n) is 8.91. The van der Waals surface area contributed by atoms with E-state index in [-0.39, 0.29) is 0 Å². The number of benzene rings is 1. The molecule has 0 unspecified atom stereocenters. The van der Waals surface area contributed by atoms with Crippen LogP contribution in [-0.2, 0) is 14.8 Å². The summed E-state index contributed by atoms with van der Waals surface area (Å²) in [6.07, 6.45) is 0. The average molecular weight is 268 g/mol. The molecule has 0 spiro atoms. The molecule has 0 radical (unpaired) electrons. The van der Waals surface area contributed by atoms with E-state index in [9.17, 15) is 19.2 Å². The Morgan fingerprint density at radius 1 is 0.842 bits per heavy atom. The molecule has 9 heteroatoms. The Kier molecular flexibility index (Phi) is 2.89. The second-order valence-electron chi connectivity index (χ2n) is 3.36. The van der Waals surface area contributed by atoms with Crippen molar-refractivity contribution in [1.29, 1.82) is 0 Å². The van der Waals surface area contributed by atoms with Crippen molar-refractivity contribution >= 4 is 23.9 Å². The van der Waals surface area contributed by atoms with Crippen molar-refractivity contribution < 1.29 is 44.2 Å². The average Bonchev–Trinajstić information content (AvgIpc) is 2.48. The second-order valence-corrected chi connectivity index (χ2v) is 3.36. The van der Waals surface area contributed by atoms with Crippen LogP contribution in [0.3, 0.4) is 0 Å². The zero-order valence-corrected chi connectivity index (χ0v) is 8.91. The van der Waals surface area contributed by atoms with Gasteiger partial charge < -0.3 is 10.2 Å². The summed E-state index contributed by atoms with van der Waals surface area (Å²) in [7, 11) is 0. The van der Waals surface area contributed by atoms with Crippen molar-refractivity contribution in [3.05, 3.63) is 34.4 Å². The van der Waals surface area contributed by atoms with Gasteiger partial charge in [-0.25, -0.2) is 19.2 Å². The van der Waals surface area contributed by atoms with Gasteiger partial charge in [0.15, 0.2) is 0 Å². The Morgan fingerprint density at radius 3 is 1.53 bits per heavy atom. The summed E-state index contributed by atoms with van der Waals surface area (Å²) in [5.74, 6) is -5.52. The number of rotatable bonds is 2. The highest BCUT2D eigenvalue weighted by Crippen LogP contribution is 2.22. The van der Waals surface area contributed by atoms with Crippen LogP contribution in [0.2, 0.25) is 0 Å². The molecule has 0 amide bonds. The third-order valence-electron chi connectivity index (χ3n) is 2.28. The van der Waals surface area contributed by atoms with Crippen LogP contribution in [0.4, 0.5) is 0 Å². The van der Waals surface area contributed by atoms with E-state index in [2.05, 4.69) is 14.8 Å². The first-order chi connectivity index (χ1) is 8.91. The Labute approximate surface area is 103 Å². The fourth-order valence-corrected chi connectivity index (χ4v) is 1.46. The van der Waals surface area contributed by atoms with Gasteiger partial charge in [0, 0.05) is 5.04 Å². The minimum Gasteiger partial charge on any atom is -0.478 e.